The van der Waals surface area contributed by atoms with Gasteiger partial charge in [0.2, 0.25) is 10.0 Å². The van der Waals surface area contributed by atoms with Crippen molar-refractivity contribution in [1.82, 2.24) is 23.6 Å². The van der Waals surface area contributed by atoms with Crippen molar-refractivity contribution >= 4 is 33.6 Å². The summed E-state index contributed by atoms with van der Waals surface area (Å²) >= 11 is 7.28. The van der Waals surface area contributed by atoms with E-state index in [4.69, 9.17) is 17.3 Å². The lowest BCUT2D eigenvalue weighted by atomic mass is 10.2. The first-order valence-corrected chi connectivity index (χ1v) is 12.5. The van der Waals surface area contributed by atoms with Gasteiger partial charge >= 0.3 is 0 Å². The van der Waals surface area contributed by atoms with Crippen molar-refractivity contribution in [3.05, 3.63) is 62.8 Å². The molecule has 0 amide bonds. The monoisotopic (exact) mass is 463 g/mol. The fraction of sp³-hybridized carbons (Fsp3) is 0.400. The Labute approximate surface area is 186 Å². The summed E-state index contributed by atoms with van der Waals surface area (Å²) in [5, 5.41) is 6.77. The van der Waals surface area contributed by atoms with E-state index in [2.05, 4.69) is 16.3 Å². The van der Waals surface area contributed by atoms with Gasteiger partial charge in [-0.3, -0.25) is 4.90 Å². The van der Waals surface area contributed by atoms with Gasteiger partial charge in [0.15, 0.2) is 4.77 Å². The molecule has 0 saturated carbocycles. The van der Waals surface area contributed by atoms with Gasteiger partial charge < -0.3 is 4.57 Å². The molecule has 0 bridgehead atoms. The van der Waals surface area contributed by atoms with Crippen LogP contribution in [0.25, 0.3) is 0 Å². The van der Waals surface area contributed by atoms with Crippen LogP contribution in [0.1, 0.15) is 16.3 Å². The van der Waals surface area contributed by atoms with Crippen molar-refractivity contribution in [2.24, 2.45) is 7.05 Å². The van der Waals surface area contributed by atoms with Crippen molar-refractivity contribution < 1.29 is 8.42 Å². The number of aryl methyl sites for hydroxylation is 1. The van der Waals surface area contributed by atoms with Gasteiger partial charge in [0.25, 0.3) is 0 Å². The van der Waals surface area contributed by atoms with Crippen LogP contribution in [-0.2, 0) is 30.2 Å². The van der Waals surface area contributed by atoms with E-state index in [-0.39, 0.29) is 0 Å². The number of piperazine rings is 1. The molecule has 4 rings (SSSR count). The highest BCUT2D eigenvalue weighted by Gasteiger charge is 2.28. The number of benzene rings is 1. The smallest absolute Gasteiger partial charge is 0.243 e. The molecular weight excluding hydrogens is 438 g/mol. The molecule has 2 aromatic heterocycles. The van der Waals surface area contributed by atoms with Crippen LogP contribution in [0.3, 0.4) is 0 Å². The zero-order chi connectivity index (χ0) is 21.3. The first kappa shape index (κ1) is 21.4. The highest BCUT2D eigenvalue weighted by Crippen LogP contribution is 2.19. The zero-order valence-electron chi connectivity index (χ0n) is 17.1. The van der Waals surface area contributed by atoms with Crippen molar-refractivity contribution in [2.45, 2.75) is 24.9 Å². The van der Waals surface area contributed by atoms with Crippen molar-refractivity contribution in [3.63, 3.8) is 0 Å². The fourth-order valence-corrected chi connectivity index (χ4v) is 5.84. The predicted molar refractivity (Wildman–Crippen MR) is 121 cm³/mol. The normalized spacial score (nSPS) is 16.2. The second-order valence-electron chi connectivity index (χ2n) is 7.49. The van der Waals surface area contributed by atoms with E-state index in [1.165, 1.54) is 4.88 Å². The lowest BCUT2D eigenvalue weighted by Gasteiger charge is -2.33. The minimum Gasteiger partial charge on any atom is -0.307 e. The Morgan fingerprint density at radius 3 is 2.43 bits per heavy atom. The molecule has 0 N–H and O–H groups in total. The highest BCUT2D eigenvalue weighted by molar-refractivity contribution is 7.89. The Morgan fingerprint density at radius 1 is 1.10 bits per heavy atom. The maximum atomic E-state index is 12.9. The van der Waals surface area contributed by atoms with Gasteiger partial charge in [-0.25, -0.2) is 13.1 Å². The molecule has 10 heteroatoms. The van der Waals surface area contributed by atoms with Gasteiger partial charge in [-0.05, 0) is 42.7 Å². The SMILES string of the molecule is Cc1ccc(S(=O)(=O)N2CCN(Cn3nc(Cc4cccs4)n(C)c3=S)CC2)cc1. The quantitative estimate of drug-likeness (QED) is 0.526. The first-order chi connectivity index (χ1) is 14.3. The van der Waals surface area contributed by atoms with Gasteiger partial charge in [-0.15, -0.1) is 11.3 Å². The largest absolute Gasteiger partial charge is 0.307 e. The molecule has 30 heavy (non-hydrogen) atoms. The van der Waals surface area contributed by atoms with Gasteiger partial charge in [0.05, 0.1) is 11.6 Å². The summed E-state index contributed by atoms with van der Waals surface area (Å²) in [6.45, 7) is 4.71. The minimum atomic E-state index is -3.45. The summed E-state index contributed by atoms with van der Waals surface area (Å²) in [5.74, 6) is 0.933. The maximum Gasteiger partial charge on any atom is 0.243 e. The first-order valence-electron chi connectivity index (χ1n) is 9.79. The third-order valence-corrected chi connectivity index (χ3v) is 8.64. The molecular formula is C20H25N5O2S3. The summed E-state index contributed by atoms with van der Waals surface area (Å²) in [4.78, 5) is 3.80. The summed E-state index contributed by atoms with van der Waals surface area (Å²) in [6.07, 6.45) is 0.757. The molecule has 160 valence electrons. The maximum absolute atomic E-state index is 12.9. The van der Waals surface area contributed by atoms with Crippen LogP contribution in [0.15, 0.2) is 46.7 Å². The second kappa shape index (κ2) is 8.72. The van der Waals surface area contributed by atoms with Crippen molar-refractivity contribution in [3.8, 4) is 0 Å². The van der Waals surface area contributed by atoms with Gasteiger partial charge in [0, 0.05) is 44.5 Å². The Hall–Kier alpha value is -1.85. The van der Waals surface area contributed by atoms with Crippen LogP contribution >= 0.6 is 23.6 Å². The molecule has 0 spiro atoms. The number of aromatic nitrogens is 3. The van der Waals surface area contributed by atoms with E-state index in [9.17, 15) is 8.42 Å². The number of sulfonamides is 1. The van der Waals surface area contributed by atoms with E-state index in [0.717, 1.165) is 17.8 Å². The van der Waals surface area contributed by atoms with Crippen LogP contribution in [0.2, 0.25) is 0 Å². The van der Waals surface area contributed by atoms with Crippen LogP contribution in [0.4, 0.5) is 0 Å². The summed E-state index contributed by atoms with van der Waals surface area (Å²) < 4.78 is 31.8. The summed E-state index contributed by atoms with van der Waals surface area (Å²) in [6, 6.07) is 11.2. The minimum absolute atomic E-state index is 0.353. The lowest BCUT2D eigenvalue weighted by Crippen LogP contribution is -2.48. The number of nitrogens with zero attached hydrogens (tertiary/aromatic N) is 5. The average molecular weight is 464 g/mol. The molecule has 0 aliphatic carbocycles. The molecule has 7 nitrogen and oxygen atoms in total. The topological polar surface area (TPSA) is 63.4 Å². The van der Waals surface area contributed by atoms with Crippen LogP contribution in [-0.4, -0.2) is 58.1 Å². The van der Waals surface area contributed by atoms with Crippen molar-refractivity contribution in [1.29, 1.82) is 0 Å². The second-order valence-corrected chi connectivity index (χ2v) is 10.8. The number of hydrogen-bond donors (Lipinski definition) is 0. The van der Waals surface area contributed by atoms with E-state index >= 15 is 0 Å². The Bertz CT molecular complexity index is 1160. The molecule has 1 aliphatic rings. The lowest BCUT2D eigenvalue weighted by molar-refractivity contribution is 0.144. The molecule has 0 radical (unpaired) electrons. The molecule has 3 aromatic rings. The van der Waals surface area contributed by atoms with Crippen LogP contribution in [0.5, 0.6) is 0 Å². The standard InChI is InChI=1S/C20H25N5O2S3/c1-16-5-7-18(8-6-16)30(26,27)24-11-9-23(10-12-24)15-25-20(28)22(2)19(21-25)14-17-4-3-13-29-17/h3-8,13H,9-12,14-15H2,1-2H3. The third-order valence-electron chi connectivity index (χ3n) is 5.37. The molecule has 0 atom stereocenters. The number of thiophene rings is 1. The summed E-state index contributed by atoms with van der Waals surface area (Å²) in [7, 11) is -1.51. The van der Waals surface area contributed by atoms with Gasteiger partial charge in [-0.1, -0.05) is 23.8 Å². The van der Waals surface area contributed by atoms with Crippen molar-refractivity contribution in [2.75, 3.05) is 26.2 Å². The molecule has 1 saturated heterocycles. The Balaban J connectivity index is 1.40. The zero-order valence-corrected chi connectivity index (χ0v) is 19.5. The average Bonchev–Trinajstić information content (AvgIpc) is 3.33. The van der Waals surface area contributed by atoms with Crippen LogP contribution in [0, 0.1) is 11.7 Å². The van der Waals surface area contributed by atoms with Gasteiger partial charge in [-0.2, -0.15) is 9.40 Å². The molecule has 1 aromatic carbocycles. The number of rotatable bonds is 6. The third kappa shape index (κ3) is 4.42. The van der Waals surface area contributed by atoms with Gasteiger partial charge in [0.1, 0.15) is 5.82 Å². The fourth-order valence-electron chi connectivity index (χ4n) is 3.51. The molecule has 1 aliphatic heterocycles. The predicted octanol–water partition coefficient (Wildman–Crippen LogP) is 2.88. The summed E-state index contributed by atoms with van der Waals surface area (Å²) in [5.41, 5.74) is 1.05. The molecule has 0 unspecified atom stereocenters. The molecule has 3 heterocycles. The van der Waals surface area contributed by atoms with E-state index in [0.29, 0.717) is 42.5 Å². The molecule has 1 fully saturated rings. The van der Waals surface area contributed by atoms with Crippen LogP contribution < -0.4 is 0 Å². The Morgan fingerprint density at radius 2 is 1.80 bits per heavy atom. The highest BCUT2D eigenvalue weighted by atomic mass is 32.2. The van der Waals surface area contributed by atoms with E-state index in [1.807, 2.05) is 41.4 Å². The van der Waals surface area contributed by atoms with E-state index in [1.54, 1.807) is 27.8 Å². The number of hydrogen-bond acceptors (Lipinski definition) is 6. The van der Waals surface area contributed by atoms with E-state index < -0.39 is 10.0 Å². The Kier molecular flexibility index (Phi) is 6.21.